The minimum absolute atomic E-state index is 0.0155. The van der Waals surface area contributed by atoms with Crippen LogP contribution in [0.3, 0.4) is 0 Å². The molecule has 0 saturated heterocycles. The van der Waals surface area contributed by atoms with E-state index in [9.17, 15) is 4.79 Å². The monoisotopic (exact) mass is 361 g/mol. The summed E-state index contributed by atoms with van der Waals surface area (Å²) in [5.74, 6) is 0.774. The Labute approximate surface area is 159 Å². The molecule has 0 spiro atoms. The Bertz CT molecular complexity index is 836. The van der Waals surface area contributed by atoms with Gasteiger partial charge in [-0.05, 0) is 35.9 Å². The van der Waals surface area contributed by atoms with E-state index in [0.29, 0.717) is 19.7 Å². The van der Waals surface area contributed by atoms with E-state index in [2.05, 4.69) is 10.3 Å². The number of hydrogen-bond acceptors (Lipinski definition) is 4. The quantitative estimate of drug-likeness (QED) is 0.668. The average Bonchev–Trinajstić information content (AvgIpc) is 2.73. The summed E-state index contributed by atoms with van der Waals surface area (Å²) < 4.78 is 5.74. The van der Waals surface area contributed by atoms with Crippen LogP contribution in [0.15, 0.2) is 79.1 Å². The molecule has 0 aliphatic heterocycles. The lowest BCUT2D eigenvalue weighted by atomic mass is 10.2. The van der Waals surface area contributed by atoms with Gasteiger partial charge in [-0.15, -0.1) is 0 Å². The summed E-state index contributed by atoms with van der Waals surface area (Å²) in [5, 5.41) is 2.95. The topological polar surface area (TPSA) is 54.5 Å². The van der Waals surface area contributed by atoms with Gasteiger partial charge in [-0.3, -0.25) is 9.78 Å². The molecule has 1 amide bonds. The second-order valence-corrected chi connectivity index (χ2v) is 6.26. The molecule has 0 aliphatic carbocycles. The van der Waals surface area contributed by atoms with Crippen molar-refractivity contribution in [2.24, 2.45) is 0 Å². The molecule has 0 saturated carbocycles. The second-order valence-electron chi connectivity index (χ2n) is 6.26. The molecule has 0 aliphatic rings. The molecule has 3 rings (SSSR count). The van der Waals surface area contributed by atoms with Crippen molar-refractivity contribution < 1.29 is 9.53 Å². The van der Waals surface area contributed by atoms with Crippen LogP contribution in [0.1, 0.15) is 11.1 Å². The maximum absolute atomic E-state index is 12.1. The van der Waals surface area contributed by atoms with E-state index >= 15 is 0 Å². The molecule has 138 valence electrons. The Kier molecular flexibility index (Phi) is 6.41. The molecule has 1 aromatic heterocycles. The molecule has 27 heavy (non-hydrogen) atoms. The van der Waals surface area contributed by atoms with Crippen LogP contribution in [-0.2, 0) is 17.9 Å². The van der Waals surface area contributed by atoms with E-state index in [0.717, 1.165) is 22.6 Å². The molecular weight excluding hydrogens is 338 g/mol. The minimum Gasteiger partial charge on any atom is -0.489 e. The summed E-state index contributed by atoms with van der Waals surface area (Å²) in [7, 11) is 1.91. The van der Waals surface area contributed by atoms with Crippen molar-refractivity contribution in [3.05, 3.63) is 90.3 Å². The van der Waals surface area contributed by atoms with Crippen LogP contribution in [-0.4, -0.2) is 24.5 Å². The highest BCUT2D eigenvalue weighted by Crippen LogP contribution is 2.14. The van der Waals surface area contributed by atoms with Crippen LogP contribution in [0.25, 0.3) is 0 Å². The second kappa shape index (κ2) is 9.38. The molecule has 1 heterocycles. The number of aromatic nitrogens is 1. The van der Waals surface area contributed by atoms with E-state index < -0.39 is 0 Å². The molecule has 5 nitrogen and oxygen atoms in total. The zero-order valence-corrected chi connectivity index (χ0v) is 15.3. The lowest BCUT2D eigenvalue weighted by molar-refractivity contribution is -0.119. The first-order chi connectivity index (χ1) is 13.2. The van der Waals surface area contributed by atoms with Crippen molar-refractivity contribution in [1.29, 1.82) is 0 Å². The number of pyridine rings is 1. The van der Waals surface area contributed by atoms with Gasteiger partial charge in [0, 0.05) is 37.2 Å². The largest absolute Gasteiger partial charge is 0.489 e. The number of para-hydroxylation sites is 1. The number of anilines is 1. The normalized spacial score (nSPS) is 10.3. The number of likely N-dealkylation sites (N-methyl/N-ethyl adjacent to an activating group) is 1. The van der Waals surface area contributed by atoms with Gasteiger partial charge in [0.15, 0.2) is 0 Å². The molecule has 0 radical (unpaired) electrons. The van der Waals surface area contributed by atoms with E-state index in [4.69, 9.17) is 4.74 Å². The highest BCUT2D eigenvalue weighted by Gasteiger charge is 2.07. The van der Waals surface area contributed by atoms with Crippen molar-refractivity contribution in [2.45, 2.75) is 13.2 Å². The van der Waals surface area contributed by atoms with Crippen molar-refractivity contribution in [3.8, 4) is 5.75 Å². The van der Waals surface area contributed by atoms with Gasteiger partial charge in [-0.2, -0.15) is 0 Å². The third-order valence-corrected chi connectivity index (χ3v) is 4.12. The fourth-order valence-electron chi connectivity index (χ4n) is 2.60. The smallest absolute Gasteiger partial charge is 0.239 e. The standard InChI is InChI=1S/C22H23N3O2/c1-25(20-7-3-2-4-8-20)16-22(26)24-15-18-9-11-21(12-10-18)27-17-19-6-5-13-23-14-19/h2-14H,15-17H2,1H3,(H,24,26). The molecule has 5 heteroatoms. The number of rotatable bonds is 8. The van der Waals surface area contributed by atoms with Crippen LogP contribution in [0.4, 0.5) is 5.69 Å². The van der Waals surface area contributed by atoms with Crippen molar-refractivity contribution in [1.82, 2.24) is 10.3 Å². The fraction of sp³-hybridized carbons (Fsp3) is 0.182. The Morgan fingerprint density at radius 3 is 2.48 bits per heavy atom. The highest BCUT2D eigenvalue weighted by atomic mass is 16.5. The summed E-state index contributed by atoms with van der Waals surface area (Å²) >= 11 is 0. The minimum atomic E-state index is -0.0155. The Morgan fingerprint density at radius 2 is 1.78 bits per heavy atom. The summed E-state index contributed by atoms with van der Waals surface area (Å²) in [5.41, 5.74) is 3.07. The van der Waals surface area contributed by atoms with Gasteiger partial charge >= 0.3 is 0 Å². The molecule has 0 bridgehead atoms. The summed E-state index contributed by atoms with van der Waals surface area (Å²) in [4.78, 5) is 18.1. The SMILES string of the molecule is CN(CC(=O)NCc1ccc(OCc2cccnc2)cc1)c1ccccc1. The number of carbonyl (C=O) groups excluding carboxylic acids is 1. The van der Waals surface area contributed by atoms with Gasteiger partial charge in [0.05, 0.1) is 6.54 Å². The average molecular weight is 361 g/mol. The number of hydrogen-bond donors (Lipinski definition) is 1. The third kappa shape index (κ3) is 5.85. The van der Waals surface area contributed by atoms with Crippen LogP contribution in [0.2, 0.25) is 0 Å². The predicted molar refractivity (Wildman–Crippen MR) is 107 cm³/mol. The van der Waals surface area contributed by atoms with Crippen molar-refractivity contribution >= 4 is 11.6 Å². The molecule has 0 atom stereocenters. The maximum Gasteiger partial charge on any atom is 0.239 e. The van der Waals surface area contributed by atoms with Gasteiger partial charge in [0.25, 0.3) is 0 Å². The molecule has 2 aromatic carbocycles. The van der Waals surface area contributed by atoms with Gasteiger partial charge in [-0.25, -0.2) is 0 Å². The number of ether oxygens (including phenoxy) is 1. The zero-order chi connectivity index (χ0) is 18.9. The van der Waals surface area contributed by atoms with Gasteiger partial charge in [0.2, 0.25) is 5.91 Å². The number of benzene rings is 2. The van der Waals surface area contributed by atoms with Crippen molar-refractivity contribution in [3.63, 3.8) is 0 Å². The van der Waals surface area contributed by atoms with Crippen LogP contribution in [0, 0.1) is 0 Å². The maximum atomic E-state index is 12.1. The lowest BCUT2D eigenvalue weighted by Crippen LogP contribution is -2.34. The summed E-state index contributed by atoms with van der Waals surface area (Å²) in [6.45, 7) is 1.29. The number of nitrogens with one attached hydrogen (secondary N) is 1. The van der Waals surface area contributed by atoms with Gasteiger partial charge in [-0.1, -0.05) is 36.4 Å². The fourth-order valence-corrected chi connectivity index (χ4v) is 2.60. The molecule has 1 N–H and O–H groups in total. The molecular formula is C22H23N3O2. The number of nitrogens with zero attached hydrogens (tertiary/aromatic N) is 2. The van der Waals surface area contributed by atoms with Gasteiger partial charge in [0.1, 0.15) is 12.4 Å². The van der Waals surface area contributed by atoms with E-state index in [1.54, 1.807) is 12.4 Å². The molecule has 0 fully saturated rings. The first kappa shape index (κ1) is 18.5. The van der Waals surface area contributed by atoms with E-state index in [1.165, 1.54) is 0 Å². The summed E-state index contributed by atoms with van der Waals surface area (Å²) in [6, 6.07) is 21.4. The molecule has 0 unspecified atom stereocenters. The van der Waals surface area contributed by atoms with E-state index in [-0.39, 0.29) is 5.91 Å². The lowest BCUT2D eigenvalue weighted by Gasteiger charge is -2.18. The van der Waals surface area contributed by atoms with Gasteiger partial charge < -0.3 is 15.0 Å². The number of carbonyl (C=O) groups is 1. The Balaban J connectivity index is 1.43. The third-order valence-electron chi connectivity index (χ3n) is 4.12. The Morgan fingerprint density at radius 1 is 1.00 bits per heavy atom. The molecule has 3 aromatic rings. The van der Waals surface area contributed by atoms with Crippen molar-refractivity contribution in [2.75, 3.05) is 18.5 Å². The highest BCUT2D eigenvalue weighted by molar-refractivity contribution is 5.81. The summed E-state index contributed by atoms with van der Waals surface area (Å²) in [6.07, 6.45) is 3.53. The van der Waals surface area contributed by atoms with Crippen LogP contribution >= 0.6 is 0 Å². The van der Waals surface area contributed by atoms with E-state index in [1.807, 2.05) is 78.7 Å². The van der Waals surface area contributed by atoms with Crippen LogP contribution < -0.4 is 15.0 Å². The predicted octanol–water partition coefficient (Wildman–Crippen LogP) is 3.41. The van der Waals surface area contributed by atoms with Crippen LogP contribution in [0.5, 0.6) is 5.75 Å². The first-order valence-electron chi connectivity index (χ1n) is 8.84. The Hall–Kier alpha value is -3.34. The zero-order valence-electron chi connectivity index (χ0n) is 15.3. The first-order valence-corrected chi connectivity index (χ1v) is 8.84. The number of amides is 1.